The summed E-state index contributed by atoms with van der Waals surface area (Å²) in [7, 11) is 1.43. The Morgan fingerprint density at radius 2 is 2.33 bits per heavy atom. The lowest BCUT2D eigenvalue weighted by Crippen LogP contribution is -2.54. The van der Waals surface area contributed by atoms with Crippen LogP contribution in [0.1, 0.15) is 26.7 Å². The molecule has 1 aliphatic rings. The summed E-state index contributed by atoms with van der Waals surface area (Å²) in [5, 5.41) is 0. The molecule has 0 saturated carbocycles. The average molecular weight is 214 g/mol. The molecule has 0 bridgehead atoms. The summed E-state index contributed by atoms with van der Waals surface area (Å²) in [6.07, 6.45) is 2.34. The van der Waals surface area contributed by atoms with Crippen LogP contribution in [0.5, 0.6) is 0 Å². The van der Waals surface area contributed by atoms with Gasteiger partial charge in [-0.05, 0) is 32.2 Å². The predicted molar refractivity (Wildman–Crippen MR) is 59.4 cm³/mol. The van der Waals surface area contributed by atoms with Gasteiger partial charge in [0.15, 0.2) is 0 Å². The van der Waals surface area contributed by atoms with Crippen LogP contribution < -0.4 is 5.73 Å². The summed E-state index contributed by atoms with van der Waals surface area (Å²) < 4.78 is 4.77. The van der Waals surface area contributed by atoms with Gasteiger partial charge in [-0.3, -0.25) is 9.69 Å². The van der Waals surface area contributed by atoms with Gasteiger partial charge in [0.1, 0.15) is 6.04 Å². The fraction of sp³-hybridized carbons (Fsp3) is 0.909. The highest BCUT2D eigenvalue weighted by atomic mass is 16.5. The smallest absolute Gasteiger partial charge is 0.322 e. The molecule has 0 aliphatic carbocycles. The number of nitrogens with zero attached hydrogens (tertiary/aromatic N) is 1. The first kappa shape index (κ1) is 12.5. The Labute approximate surface area is 91.8 Å². The maximum Gasteiger partial charge on any atom is 0.322 e. The van der Waals surface area contributed by atoms with Gasteiger partial charge in [0.05, 0.1) is 7.11 Å². The lowest BCUT2D eigenvalue weighted by atomic mass is 9.89. The van der Waals surface area contributed by atoms with Crippen LogP contribution in [0.15, 0.2) is 0 Å². The van der Waals surface area contributed by atoms with Crippen molar-refractivity contribution >= 4 is 5.97 Å². The number of likely N-dealkylation sites (tertiary alicyclic amines) is 1. The summed E-state index contributed by atoms with van der Waals surface area (Å²) in [6, 6.07) is 0.138. The average Bonchev–Trinajstić information content (AvgIpc) is 2.26. The molecule has 1 heterocycles. The number of ether oxygens (including phenoxy) is 1. The monoisotopic (exact) mass is 214 g/mol. The molecule has 3 atom stereocenters. The Morgan fingerprint density at radius 3 is 2.87 bits per heavy atom. The number of hydrogen-bond acceptors (Lipinski definition) is 4. The first-order valence-corrected chi connectivity index (χ1v) is 5.65. The summed E-state index contributed by atoms with van der Waals surface area (Å²) in [6.45, 7) is 5.66. The molecule has 2 N–H and O–H groups in total. The van der Waals surface area contributed by atoms with E-state index in [1.54, 1.807) is 0 Å². The second-order valence-electron chi connectivity index (χ2n) is 4.36. The Hall–Kier alpha value is -0.610. The maximum absolute atomic E-state index is 11.5. The van der Waals surface area contributed by atoms with Gasteiger partial charge in [-0.1, -0.05) is 6.92 Å². The molecule has 0 aromatic rings. The highest BCUT2D eigenvalue weighted by Crippen LogP contribution is 2.24. The van der Waals surface area contributed by atoms with Crippen LogP contribution in [0.3, 0.4) is 0 Å². The Bertz CT molecular complexity index is 221. The van der Waals surface area contributed by atoms with E-state index < -0.39 is 0 Å². The third kappa shape index (κ3) is 2.69. The maximum atomic E-state index is 11.5. The Kier molecular flexibility index (Phi) is 4.54. The molecule has 4 heteroatoms. The number of hydrogen-bond donors (Lipinski definition) is 1. The van der Waals surface area contributed by atoms with Gasteiger partial charge in [-0.25, -0.2) is 0 Å². The first-order valence-electron chi connectivity index (χ1n) is 5.65. The topological polar surface area (TPSA) is 55.6 Å². The van der Waals surface area contributed by atoms with Gasteiger partial charge >= 0.3 is 5.97 Å². The zero-order chi connectivity index (χ0) is 11.4. The normalized spacial score (nSPS) is 29.9. The fourth-order valence-electron chi connectivity index (χ4n) is 2.44. The van der Waals surface area contributed by atoms with Crippen molar-refractivity contribution in [1.29, 1.82) is 0 Å². The Morgan fingerprint density at radius 1 is 1.67 bits per heavy atom. The SMILES string of the molecule is COC(=O)C(C)N1CCCC(C)C1CN. The lowest BCUT2D eigenvalue weighted by Gasteiger charge is -2.41. The number of rotatable bonds is 3. The molecule has 0 aromatic heterocycles. The highest BCUT2D eigenvalue weighted by molar-refractivity contribution is 5.75. The minimum Gasteiger partial charge on any atom is -0.468 e. The number of piperidine rings is 1. The predicted octanol–water partition coefficient (Wildman–Crippen LogP) is 0.607. The van der Waals surface area contributed by atoms with Crippen molar-refractivity contribution in [3.63, 3.8) is 0 Å². The minimum atomic E-state index is -0.175. The molecule has 0 radical (unpaired) electrons. The van der Waals surface area contributed by atoms with E-state index in [0.717, 1.165) is 13.0 Å². The quantitative estimate of drug-likeness (QED) is 0.699. The molecule has 0 spiro atoms. The van der Waals surface area contributed by atoms with Crippen LogP contribution in [-0.2, 0) is 9.53 Å². The van der Waals surface area contributed by atoms with Gasteiger partial charge in [-0.15, -0.1) is 0 Å². The van der Waals surface area contributed by atoms with E-state index in [0.29, 0.717) is 18.5 Å². The van der Waals surface area contributed by atoms with Crippen molar-refractivity contribution in [2.24, 2.45) is 11.7 Å². The van der Waals surface area contributed by atoms with Gasteiger partial charge < -0.3 is 10.5 Å². The highest BCUT2D eigenvalue weighted by Gasteiger charge is 2.33. The van der Waals surface area contributed by atoms with Crippen molar-refractivity contribution in [3.05, 3.63) is 0 Å². The molecule has 1 aliphatic heterocycles. The van der Waals surface area contributed by atoms with Crippen molar-refractivity contribution in [3.8, 4) is 0 Å². The van der Waals surface area contributed by atoms with Gasteiger partial charge in [-0.2, -0.15) is 0 Å². The van der Waals surface area contributed by atoms with Crippen LogP contribution in [-0.4, -0.2) is 43.2 Å². The molecule has 0 aromatic carbocycles. The summed E-state index contributed by atoms with van der Waals surface area (Å²) in [5.41, 5.74) is 5.77. The number of carbonyl (C=O) groups excluding carboxylic acids is 1. The van der Waals surface area contributed by atoms with Crippen LogP contribution in [0.25, 0.3) is 0 Å². The van der Waals surface area contributed by atoms with E-state index in [9.17, 15) is 4.79 Å². The van der Waals surface area contributed by atoms with Crippen molar-refractivity contribution < 1.29 is 9.53 Å². The van der Waals surface area contributed by atoms with Crippen molar-refractivity contribution in [1.82, 2.24) is 4.90 Å². The number of carbonyl (C=O) groups is 1. The standard InChI is InChI=1S/C11H22N2O2/c1-8-5-4-6-13(10(8)7-12)9(2)11(14)15-3/h8-10H,4-7,12H2,1-3H3. The number of nitrogens with two attached hydrogens (primary N) is 1. The molecule has 1 saturated heterocycles. The zero-order valence-electron chi connectivity index (χ0n) is 9.90. The molecule has 1 rings (SSSR count). The minimum absolute atomic E-state index is 0.164. The largest absolute Gasteiger partial charge is 0.468 e. The van der Waals surface area contributed by atoms with E-state index in [2.05, 4.69) is 11.8 Å². The Balaban J connectivity index is 2.68. The number of methoxy groups -OCH3 is 1. The molecule has 4 nitrogen and oxygen atoms in total. The van der Waals surface area contributed by atoms with E-state index in [4.69, 9.17) is 10.5 Å². The van der Waals surface area contributed by atoms with Crippen LogP contribution in [0.4, 0.5) is 0 Å². The van der Waals surface area contributed by atoms with Gasteiger partial charge in [0.25, 0.3) is 0 Å². The zero-order valence-corrected chi connectivity index (χ0v) is 9.90. The summed E-state index contributed by atoms with van der Waals surface area (Å²) in [4.78, 5) is 13.7. The van der Waals surface area contributed by atoms with E-state index in [1.807, 2.05) is 6.92 Å². The summed E-state index contributed by atoms with van der Waals surface area (Å²) >= 11 is 0. The molecule has 1 fully saturated rings. The van der Waals surface area contributed by atoms with E-state index in [1.165, 1.54) is 13.5 Å². The number of esters is 1. The molecule has 15 heavy (non-hydrogen) atoms. The van der Waals surface area contributed by atoms with Crippen molar-refractivity contribution in [2.45, 2.75) is 38.8 Å². The van der Waals surface area contributed by atoms with Crippen LogP contribution in [0.2, 0.25) is 0 Å². The third-order valence-corrected chi connectivity index (χ3v) is 3.44. The lowest BCUT2D eigenvalue weighted by molar-refractivity contribution is -0.148. The van der Waals surface area contributed by atoms with Crippen LogP contribution in [0, 0.1) is 5.92 Å². The first-order chi connectivity index (χ1) is 7.11. The second-order valence-corrected chi connectivity index (χ2v) is 4.36. The van der Waals surface area contributed by atoms with Crippen molar-refractivity contribution in [2.75, 3.05) is 20.2 Å². The van der Waals surface area contributed by atoms with E-state index in [-0.39, 0.29) is 12.0 Å². The van der Waals surface area contributed by atoms with Crippen LogP contribution >= 0.6 is 0 Å². The molecule has 3 unspecified atom stereocenters. The third-order valence-electron chi connectivity index (χ3n) is 3.44. The fourth-order valence-corrected chi connectivity index (χ4v) is 2.44. The summed E-state index contributed by atoms with van der Waals surface area (Å²) in [5.74, 6) is 0.401. The molecule has 88 valence electrons. The molecular weight excluding hydrogens is 192 g/mol. The molecular formula is C11H22N2O2. The van der Waals surface area contributed by atoms with E-state index >= 15 is 0 Å². The van der Waals surface area contributed by atoms with Gasteiger partial charge in [0, 0.05) is 12.6 Å². The second kappa shape index (κ2) is 5.47. The molecule has 0 amide bonds. The van der Waals surface area contributed by atoms with Gasteiger partial charge in [0.2, 0.25) is 0 Å².